The second kappa shape index (κ2) is 10.1. The molecule has 0 heterocycles. The van der Waals surface area contributed by atoms with E-state index in [-0.39, 0.29) is 18.2 Å². The molecule has 0 fully saturated rings. The van der Waals surface area contributed by atoms with Gasteiger partial charge in [0.05, 0.1) is 5.41 Å². The Hall–Kier alpha value is -3.40. The van der Waals surface area contributed by atoms with Gasteiger partial charge in [-0.2, -0.15) is 0 Å². The number of amides is 2. The molecule has 0 aliphatic rings. The van der Waals surface area contributed by atoms with E-state index in [1.165, 1.54) is 0 Å². The molecule has 31 heavy (non-hydrogen) atoms. The van der Waals surface area contributed by atoms with Crippen molar-refractivity contribution in [1.29, 1.82) is 0 Å². The molecule has 0 bridgehead atoms. The summed E-state index contributed by atoms with van der Waals surface area (Å²) in [5.41, 5.74) is 7.92. The van der Waals surface area contributed by atoms with Crippen LogP contribution < -0.4 is 11.1 Å². The zero-order valence-corrected chi connectivity index (χ0v) is 18.1. The number of nitrogens with two attached hydrogens (primary N) is 1. The molecule has 3 N–H and O–H groups in total. The summed E-state index contributed by atoms with van der Waals surface area (Å²) in [4.78, 5) is 25.3. The summed E-state index contributed by atoms with van der Waals surface area (Å²) in [6.45, 7) is 4.01. The molecule has 4 nitrogen and oxygen atoms in total. The van der Waals surface area contributed by atoms with Gasteiger partial charge in [0, 0.05) is 6.42 Å². The summed E-state index contributed by atoms with van der Waals surface area (Å²) in [5.74, 6) is -0.479. The Morgan fingerprint density at radius 2 is 1.16 bits per heavy atom. The number of benzene rings is 3. The Morgan fingerprint density at radius 3 is 1.48 bits per heavy atom. The highest BCUT2D eigenvalue weighted by Crippen LogP contribution is 2.42. The van der Waals surface area contributed by atoms with E-state index in [1.54, 1.807) is 0 Å². The number of hydrogen-bond acceptors (Lipinski definition) is 2. The van der Waals surface area contributed by atoms with Crippen LogP contribution in [0.3, 0.4) is 0 Å². The monoisotopic (exact) mass is 414 g/mol. The minimum absolute atomic E-state index is 0.160. The fourth-order valence-corrected chi connectivity index (χ4v) is 4.18. The molecular formula is C27H30N2O2. The Morgan fingerprint density at radius 1 is 0.774 bits per heavy atom. The zero-order chi connectivity index (χ0) is 22.3. The van der Waals surface area contributed by atoms with Gasteiger partial charge < -0.3 is 11.1 Å². The van der Waals surface area contributed by atoms with E-state index < -0.39 is 17.4 Å². The van der Waals surface area contributed by atoms with Crippen molar-refractivity contribution in [2.24, 2.45) is 11.7 Å². The molecule has 3 rings (SSSR count). The summed E-state index contributed by atoms with van der Waals surface area (Å²) in [7, 11) is 0. The predicted octanol–water partition coefficient (Wildman–Crippen LogP) is 4.43. The summed E-state index contributed by atoms with van der Waals surface area (Å²) < 4.78 is 0. The van der Waals surface area contributed by atoms with Crippen LogP contribution in [0.2, 0.25) is 0 Å². The zero-order valence-electron chi connectivity index (χ0n) is 18.1. The van der Waals surface area contributed by atoms with Crippen molar-refractivity contribution in [2.75, 3.05) is 0 Å². The molecule has 0 aromatic heterocycles. The van der Waals surface area contributed by atoms with Gasteiger partial charge in [0.1, 0.15) is 6.04 Å². The van der Waals surface area contributed by atoms with Crippen molar-refractivity contribution >= 4 is 11.8 Å². The Balaban J connectivity index is 2.10. The van der Waals surface area contributed by atoms with Crippen molar-refractivity contribution < 1.29 is 9.59 Å². The average Bonchev–Trinajstić information content (AvgIpc) is 2.78. The van der Waals surface area contributed by atoms with Crippen LogP contribution >= 0.6 is 0 Å². The summed E-state index contributed by atoms with van der Waals surface area (Å²) >= 11 is 0. The van der Waals surface area contributed by atoms with Crippen LogP contribution in [0.1, 0.15) is 43.4 Å². The van der Waals surface area contributed by atoms with Crippen LogP contribution in [0.15, 0.2) is 91.0 Å². The maximum Gasteiger partial charge on any atom is 0.240 e. The van der Waals surface area contributed by atoms with Crippen LogP contribution in [0.25, 0.3) is 0 Å². The molecule has 0 aliphatic heterocycles. The van der Waals surface area contributed by atoms with Crippen molar-refractivity contribution in [3.63, 3.8) is 0 Å². The molecule has 3 aromatic rings. The number of primary amides is 1. The molecule has 160 valence electrons. The minimum Gasteiger partial charge on any atom is -0.368 e. The first kappa shape index (κ1) is 22.3. The molecule has 0 saturated carbocycles. The quantitative estimate of drug-likeness (QED) is 0.509. The van der Waals surface area contributed by atoms with Crippen LogP contribution in [-0.4, -0.2) is 17.9 Å². The summed E-state index contributed by atoms with van der Waals surface area (Å²) in [6, 6.07) is 29.4. The molecule has 0 radical (unpaired) electrons. The first-order valence-corrected chi connectivity index (χ1v) is 10.7. The van der Waals surface area contributed by atoms with Crippen LogP contribution in [-0.2, 0) is 15.0 Å². The van der Waals surface area contributed by atoms with Crippen molar-refractivity contribution in [2.45, 2.75) is 38.1 Å². The van der Waals surface area contributed by atoms with E-state index in [0.29, 0.717) is 6.42 Å². The molecule has 0 aliphatic carbocycles. The maximum absolute atomic E-state index is 13.4. The number of carbonyl (C=O) groups excluding carboxylic acids is 2. The van der Waals surface area contributed by atoms with Crippen LogP contribution in [0.5, 0.6) is 0 Å². The fourth-order valence-electron chi connectivity index (χ4n) is 4.18. The second-order valence-corrected chi connectivity index (χ2v) is 8.33. The fraction of sp³-hybridized carbons (Fsp3) is 0.259. The molecule has 3 aromatic carbocycles. The SMILES string of the molecule is CC(C)C[C@@H](NC(=O)CC(c1ccccc1)(c1ccccc1)c1ccccc1)C(N)=O. The third-order valence-electron chi connectivity index (χ3n) is 5.61. The lowest BCUT2D eigenvalue weighted by Crippen LogP contribution is -2.47. The lowest BCUT2D eigenvalue weighted by Gasteiger charge is -2.36. The Labute approximate surface area is 184 Å². The largest absolute Gasteiger partial charge is 0.368 e. The molecule has 1 atom stereocenters. The van der Waals surface area contributed by atoms with E-state index >= 15 is 0 Å². The summed E-state index contributed by atoms with van der Waals surface area (Å²) in [5, 5.41) is 2.90. The first-order chi connectivity index (χ1) is 14.9. The van der Waals surface area contributed by atoms with E-state index in [0.717, 1.165) is 16.7 Å². The lowest BCUT2D eigenvalue weighted by molar-refractivity contribution is -0.128. The van der Waals surface area contributed by atoms with Crippen molar-refractivity contribution in [3.05, 3.63) is 108 Å². The van der Waals surface area contributed by atoms with Crippen molar-refractivity contribution in [1.82, 2.24) is 5.32 Å². The predicted molar refractivity (Wildman–Crippen MR) is 124 cm³/mol. The molecular weight excluding hydrogens is 384 g/mol. The third kappa shape index (κ3) is 5.21. The van der Waals surface area contributed by atoms with Gasteiger partial charge in [0.25, 0.3) is 0 Å². The highest BCUT2D eigenvalue weighted by molar-refractivity contribution is 5.87. The normalized spacial score (nSPS) is 12.4. The van der Waals surface area contributed by atoms with Crippen molar-refractivity contribution in [3.8, 4) is 0 Å². The van der Waals surface area contributed by atoms with Crippen LogP contribution in [0.4, 0.5) is 0 Å². The molecule has 4 heteroatoms. The number of hydrogen-bond donors (Lipinski definition) is 2. The van der Waals surface area contributed by atoms with Crippen LogP contribution in [0, 0.1) is 5.92 Å². The Kier molecular flexibility index (Phi) is 7.24. The van der Waals surface area contributed by atoms with Gasteiger partial charge in [-0.25, -0.2) is 0 Å². The Bertz CT molecular complexity index is 889. The smallest absolute Gasteiger partial charge is 0.240 e. The average molecular weight is 415 g/mol. The summed E-state index contributed by atoms with van der Waals surface area (Å²) in [6.07, 6.45) is 0.670. The van der Waals surface area contributed by atoms with E-state index in [1.807, 2.05) is 105 Å². The highest BCUT2D eigenvalue weighted by atomic mass is 16.2. The van der Waals surface area contributed by atoms with Gasteiger partial charge in [-0.1, -0.05) is 105 Å². The minimum atomic E-state index is -0.701. The topological polar surface area (TPSA) is 72.2 Å². The van der Waals surface area contributed by atoms with Gasteiger partial charge in [0.15, 0.2) is 0 Å². The van der Waals surface area contributed by atoms with Gasteiger partial charge in [-0.15, -0.1) is 0 Å². The van der Waals surface area contributed by atoms with Gasteiger partial charge in [-0.05, 0) is 29.0 Å². The van der Waals surface area contributed by atoms with E-state index in [2.05, 4.69) is 5.32 Å². The number of rotatable bonds is 9. The molecule has 2 amide bonds. The number of carbonyl (C=O) groups is 2. The maximum atomic E-state index is 13.4. The molecule has 0 saturated heterocycles. The first-order valence-electron chi connectivity index (χ1n) is 10.7. The highest BCUT2D eigenvalue weighted by Gasteiger charge is 2.39. The number of nitrogens with one attached hydrogen (secondary N) is 1. The second-order valence-electron chi connectivity index (χ2n) is 8.33. The molecule has 0 unspecified atom stereocenters. The molecule has 0 spiro atoms. The van der Waals surface area contributed by atoms with Gasteiger partial charge in [0.2, 0.25) is 11.8 Å². The lowest BCUT2D eigenvalue weighted by atomic mass is 9.67. The standard InChI is InChI=1S/C27H30N2O2/c1-20(2)18-24(26(28)31)29-25(30)19-27(21-12-6-3-7-13-21,22-14-8-4-9-15-22)23-16-10-5-11-17-23/h3-17,20,24H,18-19H2,1-2H3,(H2,28,31)(H,29,30)/t24-/m1/s1. The van der Waals surface area contributed by atoms with Gasteiger partial charge >= 0.3 is 0 Å². The van der Waals surface area contributed by atoms with Gasteiger partial charge in [-0.3, -0.25) is 9.59 Å². The third-order valence-corrected chi connectivity index (χ3v) is 5.61. The van der Waals surface area contributed by atoms with E-state index in [9.17, 15) is 9.59 Å². The van der Waals surface area contributed by atoms with E-state index in [4.69, 9.17) is 5.73 Å².